The number of amidine groups is 1. The highest BCUT2D eigenvalue weighted by molar-refractivity contribution is 5.97. The van der Waals surface area contributed by atoms with Crippen molar-refractivity contribution in [2.45, 2.75) is 0 Å². The Morgan fingerprint density at radius 3 is 2.35 bits per heavy atom. The minimum absolute atomic E-state index is 0.0330. The molecule has 0 spiro atoms. The quantitative estimate of drug-likeness (QED) is 0.342. The number of hydrogen-bond acceptors (Lipinski definition) is 4. The Morgan fingerprint density at radius 2 is 1.70 bits per heavy atom. The van der Waals surface area contributed by atoms with Crippen molar-refractivity contribution >= 4 is 17.2 Å². The predicted octanol–water partition coefficient (Wildman–Crippen LogP) is 3.89. The molecule has 6 nitrogen and oxygen atoms in total. The molecule has 2 N–H and O–H groups in total. The van der Waals surface area contributed by atoms with Gasteiger partial charge in [0.1, 0.15) is 5.76 Å². The largest absolute Gasteiger partial charge is 0.453 e. The summed E-state index contributed by atoms with van der Waals surface area (Å²) >= 11 is 0. The predicted molar refractivity (Wildman–Crippen MR) is 87.6 cm³/mol. The average molecular weight is 307 g/mol. The van der Waals surface area contributed by atoms with Gasteiger partial charge in [0.15, 0.2) is 11.6 Å². The van der Waals surface area contributed by atoms with Crippen LogP contribution in [0.15, 0.2) is 76.1 Å². The maximum Gasteiger partial charge on any atom is 0.269 e. The zero-order valence-corrected chi connectivity index (χ0v) is 12.0. The van der Waals surface area contributed by atoms with E-state index in [2.05, 4.69) is 4.99 Å². The molecule has 0 bridgehead atoms. The summed E-state index contributed by atoms with van der Waals surface area (Å²) < 4.78 is 5.68. The lowest BCUT2D eigenvalue weighted by molar-refractivity contribution is -0.384. The van der Waals surface area contributed by atoms with Crippen molar-refractivity contribution < 1.29 is 9.34 Å². The van der Waals surface area contributed by atoms with E-state index < -0.39 is 4.92 Å². The molecule has 0 saturated heterocycles. The van der Waals surface area contributed by atoms with E-state index in [0.29, 0.717) is 11.5 Å². The Kier molecular flexibility index (Phi) is 3.88. The Hall–Kier alpha value is -3.41. The normalized spacial score (nSPS) is 11.4. The van der Waals surface area contributed by atoms with Gasteiger partial charge in [0.05, 0.1) is 10.6 Å². The van der Waals surface area contributed by atoms with Crippen LogP contribution in [-0.2, 0) is 0 Å². The van der Waals surface area contributed by atoms with Crippen LogP contribution in [0.1, 0.15) is 5.76 Å². The highest BCUT2D eigenvalue weighted by atomic mass is 16.6. The number of benzene rings is 2. The summed E-state index contributed by atoms with van der Waals surface area (Å²) in [4.78, 5) is 14.5. The number of nitrogens with two attached hydrogens (primary N) is 1. The summed E-state index contributed by atoms with van der Waals surface area (Å²) in [5.41, 5.74) is 7.45. The summed E-state index contributed by atoms with van der Waals surface area (Å²) in [6.45, 7) is 0. The third kappa shape index (κ3) is 3.26. The van der Waals surface area contributed by atoms with Crippen LogP contribution in [-0.4, -0.2) is 10.8 Å². The van der Waals surface area contributed by atoms with Crippen molar-refractivity contribution in [3.63, 3.8) is 0 Å². The van der Waals surface area contributed by atoms with E-state index in [1.54, 1.807) is 24.3 Å². The zero-order chi connectivity index (χ0) is 16.2. The lowest BCUT2D eigenvalue weighted by atomic mass is 10.1. The van der Waals surface area contributed by atoms with Crippen molar-refractivity contribution in [1.82, 2.24) is 0 Å². The molecule has 0 unspecified atom stereocenters. The molecule has 3 rings (SSSR count). The van der Waals surface area contributed by atoms with E-state index in [0.717, 1.165) is 11.3 Å². The molecule has 23 heavy (non-hydrogen) atoms. The van der Waals surface area contributed by atoms with Gasteiger partial charge in [-0.1, -0.05) is 18.2 Å². The second-order valence-corrected chi connectivity index (χ2v) is 4.80. The topological polar surface area (TPSA) is 94.7 Å². The zero-order valence-electron chi connectivity index (χ0n) is 12.0. The number of nitro benzene ring substituents is 1. The molecule has 1 heterocycles. The Bertz CT molecular complexity index is 852. The van der Waals surface area contributed by atoms with Gasteiger partial charge in [0.2, 0.25) is 0 Å². The number of nitro groups is 1. The van der Waals surface area contributed by atoms with Crippen LogP contribution in [0.4, 0.5) is 11.4 Å². The van der Waals surface area contributed by atoms with Gasteiger partial charge in [0, 0.05) is 17.7 Å². The van der Waals surface area contributed by atoms with E-state index in [1.165, 1.54) is 12.1 Å². The van der Waals surface area contributed by atoms with Crippen LogP contribution < -0.4 is 5.73 Å². The fourth-order valence-corrected chi connectivity index (χ4v) is 2.07. The SMILES string of the molecule is NC(=Nc1ccccc1)c1ccc(-c2ccc([N+](=O)[O-])cc2)o1. The Labute approximate surface area is 132 Å². The fourth-order valence-electron chi connectivity index (χ4n) is 2.07. The van der Waals surface area contributed by atoms with Crippen LogP contribution in [0.25, 0.3) is 11.3 Å². The van der Waals surface area contributed by atoms with Crippen LogP contribution in [0.2, 0.25) is 0 Å². The molecule has 0 fully saturated rings. The summed E-state index contributed by atoms with van der Waals surface area (Å²) in [6.07, 6.45) is 0. The first kappa shape index (κ1) is 14.5. The summed E-state index contributed by atoms with van der Waals surface area (Å²) in [5.74, 6) is 1.28. The Balaban J connectivity index is 1.85. The van der Waals surface area contributed by atoms with Crippen molar-refractivity contribution in [1.29, 1.82) is 0 Å². The molecule has 0 atom stereocenters. The highest BCUT2D eigenvalue weighted by Crippen LogP contribution is 2.25. The molecule has 3 aromatic rings. The van der Waals surface area contributed by atoms with Crippen LogP contribution in [0.5, 0.6) is 0 Å². The van der Waals surface area contributed by atoms with E-state index in [-0.39, 0.29) is 11.5 Å². The number of hydrogen-bond donors (Lipinski definition) is 1. The minimum atomic E-state index is -0.443. The molecule has 0 aliphatic heterocycles. The monoisotopic (exact) mass is 307 g/mol. The summed E-state index contributed by atoms with van der Waals surface area (Å²) in [5, 5.41) is 10.7. The van der Waals surface area contributed by atoms with Crippen LogP contribution in [0, 0.1) is 10.1 Å². The third-order valence-corrected chi connectivity index (χ3v) is 3.23. The number of para-hydroxylation sites is 1. The van der Waals surface area contributed by atoms with Gasteiger partial charge in [0.25, 0.3) is 5.69 Å². The average Bonchev–Trinajstić information content (AvgIpc) is 3.06. The van der Waals surface area contributed by atoms with Gasteiger partial charge in [-0.2, -0.15) is 0 Å². The molecule has 0 saturated carbocycles. The maximum absolute atomic E-state index is 10.7. The molecule has 0 aliphatic rings. The first-order chi connectivity index (χ1) is 11.1. The number of non-ortho nitro benzene ring substituents is 1. The molecule has 114 valence electrons. The highest BCUT2D eigenvalue weighted by Gasteiger charge is 2.10. The van der Waals surface area contributed by atoms with Gasteiger partial charge in [-0.3, -0.25) is 10.1 Å². The first-order valence-corrected chi connectivity index (χ1v) is 6.88. The molecular formula is C17H13N3O3. The molecule has 6 heteroatoms. The lowest BCUT2D eigenvalue weighted by Crippen LogP contribution is -2.11. The third-order valence-electron chi connectivity index (χ3n) is 3.23. The summed E-state index contributed by atoms with van der Waals surface area (Å²) in [6, 6.07) is 18.9. The van der Waals surface area contributed by atoms with Crippen LogP contribution >= 0.6 is 0 Å². The van der Waals surface area contributed by atoms with E-state index in [1.807, 2.05) is 30.3 Å². The van der Waals surface area contributed by atoms with E-state index >= 15 is 0 Å². The van der Waals surface area contributed by atoms with Gasteiger partial charge in [-0.05, 0) is 36.4 Å². The molecule has 0 aliphatic carbocycles. The van der Waals surface area contributed by atoms with Crippen LogP contribution in [0.3, 0.4) is 0 Å². The first-order valence-electron chi connectivity index (χ1n) is 6.88. The lowest BCUT2D eigenvalue weighted by Gasteiger charge is -1.99. The number of nitrogens with zero attached hydrogens (tertiary/aromatic N) is 2. The van der Waals surface area contributed by atoms with E-state index in [9.17, 15) is 10.1 Å². The van der Waals surface area contributed by atoms with Crippen molar-refractivity contribution in [3.8, 4) is 11.3 Å². The number of rotatable bonds is 4. The Morgan fingerprint density at radius 1 is 1.00 bits per heavy atom. The standard InChI is InChI=1S/C17H13N3O3/c18-17(19-13-4-2-1-3-5-13)16-11-10-15(23-16)12-6-8-14(9-7-12)20(21)22/h1-11H,(H2,18,19). The smallest absolute Gasteiger partial charge is 0.269 e. The maximum atomic E-state index is 10.7. The fraction of sp³-hybridized carbons (Fsp3) is 0. The van der Waals surface area contributed by atoms with Gasteiger partial charge in [-0.25, -0.2) is 4.99 Å². The molecular weight excluding hydrogens is 294 g/mol. The van der Waals surface area contributed by atoms with Gasteiger partial charge < -0.3 is 10.2 Å². The molecule has 1 aromatic heterocycles. The van der Waals surface area contributed by atoms with Crippen molar-refractivity contribution in [2.75, 3.05) is 0 Å². The summed E-state index contributed by atoms with van der Waals surface area (Å²) in [7, 11) is 0. The van der Waals surface area contributed by atoms with Crippen molar-refractivity contribution in [2.24, 2.45) is 10.7 Å². The molecule has 2 aromatic carbocycles. The van der Waals surface area contributed by atoms with Gasteiger partial charge >= 0.3 is 0 Å². The van der Waals surface area contributed by atoms with Gasteiger partial charge in [-0.15, -0.1) is 0 Å². The number of aliphatic imine (C=N–C) groups is 1. The van der Waals surface area contributed by atoms with Crippen molar-refractivity contribution in [3.05, 3.63) is 82.6 Å². The molecule has 0 radical (unpaired) electrons. The second-order valence-electron chi connectivity index (χ2n) is 4.80. The minimum Gasteiger partial charge on any atom is -0.453 e. The molecule has 0 amide bonds. The number of furan rings is 1. The van der Waals surface area contributed by atoms with E-state index in [4.69, 9.17) is 10.2 Å². The second kappa shape index (κ2) is 6.15.